The summed E-state index contributed by atoms with van der Waals surface area (Å²) in [7, 11) is 0. The van der Waals surface area contributed by atoms with Gasteiger partial charge in [-0.25, -0.2) is 4.79 Å². The summed E-state index contributed by atoms with van der Waals surface area (Å²) in [5.41, 5.74) is 0.476. The number of fused-ring (bicyclic) bond motifs is 1. The lowest BCUT2D eigenvalue weighted by Gasteiger charge is -2.34. The Morgan fingerprint density at radius 1 is 0.571 bits per heavy atom. The molecular formula is C34H30O15. The van der Waals surface area contributed by atoms with Gasteiger partial charge in [0.1, 0.15) is 29.1 Å². The van der Waals surface area contributed by atoms with Gasteiger partial charge in [0.05, 0.1) is 5.56 Å². The summed E-state index contributed by atoms with van der Waals surface area (Å²) >= 11 is 0. The molecule has 0 bridgehead atoms. The number of hydrogen-bond donors (Lipinski definition) is 0. The molecule has 0 N–H and O–H groups in total. The lowest BCUT2D eigenvalue weighted by atomic mass is 9.93. The lowest BCUT2D eigenvalue weighted by molar-refractivity contribution is -0.135. The van der Waals surface area contributed by atoms with Crippen molar-refractivity contribution in [3.8, 4) is 40.2 Å². The minimum atomic E-state index is -1.14. The minimum absolute atomic E-state index is 0.0192. The van der Waals surface area contributed by atoms with Crippen LogP contribution in [0, 0.1) is 0 Å². The van der Waals surface area contributed by atoms with E-state index < -0.39 is 71.2 Å². The molecule has 0 spiro atoms. The number of carbonyl (C=O) groups excluding carboxylic acids is 7. The van der Waals surface area contributed by atoms with Crippen LogP contribution < -0.4 is 33.2 Å². The summed E-state index contributed by atoms with van der Waals surface area (Å²) < 4.78 is 43.3. The van der Waals surface area contributed by atoms with E-state index >= 15 is 0 Å². The second-order valence-corrected chi connectivity index (χ2v) is 10.5. The van der Waals surface area contributed by atoms with Gasteiger partial charge in [-0.2, -0.15) is 0 Å². The Morgan fingerprint density at radius 3 is 1.57 bits per heavy atom. The first-order valence-electron chi connectivity index (χ1n) is 14.5. The highest BCUT2D eigenvalue weighted by molar-refractivity contribution is 5.92. The SMILES string of the molecule is CC(=O)Oc1ccc([C@H]2Oc3cc(OC(C)=O)cc(OC(C)=O)c3C[C@H]2OC(=O)c2cc(OC(C)=O)c(OC(C)=O)c(OC(C)=O)c2)cc1. The van der Waals surface area contributed by atoms with Gasteiger partial charge in [0.25, 0.3) is 0 Å². The molecule has 0 fully saturated rings. The Hall–Kier alpha value is -6.25. The van der Waals surface area contributed by atoms with Crippen LogP contribution in [0.4, 0.5) is 0 Å². The average Bonchev–Trinajstić information content (AvgIpc) is 2.97. The predicted molar refractivity (Wildman–Crippen MR) is 163 cm³/mol. The van der Waals surface area contributed by atoms with E-state index in [1.165, 1.54) is 45.0 Å². The number of rotatable bonds is 9. The topological polar surface area (TPSA) is 193 Å². The lowest BCUT2D eigenvalue weighted by Crippen LogP contribution is -2.35. The fourth-order valence-electron chi connectivity index (χ4n) is 4.78. The van der Waals surface area contributed by atoms with E-state index in [-0.39, 0.29) is 35.0 Å². The number of ether oxygens (including phenoxy) is 8. The van der Waals surface area contributed by atoms with Gasteiger partial charge in [0.2, 0.25) is 5.75 Å². The second kappa shape index (κ2) is 15.1. The van der Waals surface area contributed by atoms with Crippen molar-refractivity contribution in [3.05, 3.63) is 65.2 Å². The highest BCUT2D eigenvalue weighted by Gasteiger charge is 2.38. The molecule has 0 aromatic heterocycles. The van der Waals surface area contributed by atoms with Crippen molar-refractivity contribution in [2.45, 2.75) is 60.2 Å². The maximum atomic E-state index is 13.8. The summed E-state index contributed by atoms with van der Waals surface area (Å²) in [5.74, 6) is -6.27. The fourth-order valence-corrected chi connectivity index (χ4v) is 4.78. The Labute approximate surface area is 278 Å². The molecule has 4 rings (SSSR count). The van der Waals surface area contributed by atoms with Gasteiger partial charge in [0, 0.05) is 65.7 Å². The van der Waals surface area contributed by atoms with Gasteiger partial charge >= 0.3 is 41.8 Å². The summed E-state index contributed by atoms with van der Waals surface area (Å²) in [6.45, 7) is 6.79. The highest BCUT2D eigenvalue weighted by atomic mass is 16.6. The number of hydrogen-bond acceptors (Lipinski definition) is 15. The smallest absolute Gasteiger partial charge is 0.338 e. The molecule has 1 heterocycles. The summed E-state index contributed by atoms with van der Waals surface area (Å²) in [5, 5.41) is 0. The van der Waals surface area contributed by atoms with Gasteiger partial charge in [0.15, 0.2) is 17.6 Å². The Bertz CT molecular complexity index is 1800. The zero-order valence-corrected chi connectivity index (χ0v) is 27.1. The van der Waals surface area contributed by atoms with Crippen LogP contribution in [0.15, 0.2) is 48.5 Å². The van der Waals surface area contributed by atoms with Crippen molar-refractivity contribution in [1.29, 1.82) is 0 Å². The first-order chi connectivity index (χ1) is 23.1. The van der Waals surface area contributed by atoms with Crippen LogP contribution in [0.5, 0.6) is 40.2 Å². The van der Waals surface area contributed by atoms with E-state index in [1.54, 1.807) is 12.1 Å². The standard InChI is InChI=1S/C34H30O15/c1-16(35)42-24-9-7-22(8-10-24)32-31(15-26-27(44-18(3)37)13-25(43-17(2)36)14-28(26)48-32)49-34(41)23-11-29(45-19(4)38)33(47-21(6)40)30(12-23)46-20(5)39/h7-14,31-32H,15H2,1-6H3/t31-,32-/m1/s1. The minimum Gasteiger partial charge on any atom is -0.481 e. The molecule has 49 heavy (non-hydrogen) atoms. The van der Waals surface area contributed by atoms with E-state index in [0.717, 1.165) is 32.9 Å². The van der Waals surface area contributed by atoms with Crippen molar-refractivity contribution in [3.63, 3.8) is 0 Å². The maximum absolute atomic E-state index is 13.8. The zero-order valence-electron chi connectivity index (χ0n) is 27.1. The van der Waals surface area contributed by atoms with Crippen molar-refractivity contribution in [1.82, 2.24) is 0 Å². The van der Waals surface area contributed by atoms with Gasteiger partial charge in [-0.3, -0.25) is 28.8 Å². The van der Waals surface area contributed by atoms with E-state index in [0.29, 0.717) is 11.1 Å². The average molecular weight is 679 g/mol. The normalized spacial score (nSPS) is 14.6. The molecule has 2 atom stereocenters. The molecule has 15 nitrogen and oxygen atoms in total. The predicted octanol–water partition coefficient (Wildman–Crippen LogP) is 4.14. The van der Waals surface area contributed by atoms with Gasteiger partial charge in [-0.05, 0) is 29.8 Å². The van der Waals surface area contributed by atoms with Crippen LogP contribution in [-0.2, 0) is 39.9 Å². The molecule has 1 aliphatic rings. The molecule has 0 amide bonds. The van der Waals surface area contributed by atoms with Gasteiger partial charge in [-0.15, -0.1) is 0 Å². The van der Waals surface area contributed by atoms with Crippen LogP contribution >= 0.6 is 0 Å². The Balaban J connectivity index is 1.81. The van der Waals surface area contributed by atoms with Crippen molar-refractivity contribution in [2.24, 2.45) is 0 Å². The number of esters is 7. The zero-order chi connectivity index (χ0) is 36.0. The van der Waals surface area contributed by atoms with Crippen LogP contribution in [0.3, 0.4) is 0 Å². The van der Waals surface area contributed by atoms with Crippen LogP contribution in [-0.4, -0.2) is 47.9 Å². The Kier molecular flexibility index (Phi) is 11.0. The molecule has 0 saturated carbocycles. The molecule has 0 saturated heterocycles. The largest absolute Gasteiger partial charge is 0.481 e. The second-order valence-electron chi connectivity index (χ2n) is 10.5. The van der Waals surface area contributed by atoms with Crippen LogP contribution in [0.2, 0.25) is 0 Å². The Morgan fingerprint density at radius 2 is 1.06 bits per heavy atom. The van der Waals surface area contributed by atoms with Gasteiger partial charge < -0.3 is 37.9 Å². The van der Waals surface area contributed by atoms with Crippen molar-refractivity contribution in [2.75, 3.05) is 0 Å². The fraction of sp³-hybridized carbons (Fsp3) is 0.265. The first kappa shape index (κ1) is 35.6. The van der Waals surface area contributed by atoms with Crippen LogP contribution in [0.25, 0.3) is 0 Å². The van der Waals surface area contributed by atoms with Gasteiger partial charge in [-0.1, -0.05) is 12.1 Å². The van der Waals surface area contributed by atoms with E-state index in [9.17, 15) is 33.6 Å². The van der Waals surface area contributed by atoms with E-state index in [2.05, 4.69) is 0 Å². The summed E-state index contributed by atoms with van der Waals surface area (Å²) in [4.78, 5) is 84.5. The monoisotopic (exact) mass is 678 g/mol. The molecule has 0 aliphatic carbocycles. The third-order valence-electron chi connectivity index (χ3n) is 6.39. The summed E-state index contributed by atoms with van der Waals surface area (Å²) in [6.07, 6.45) is -2.28. The molecule has 256 valence electrons. The number of benzene rings is 3. The van der Waals surface area contributed by atoms with Crippen molar-refractivity contribution >= 4 is 41.8 Å². The number of carbonyl (C=O) groups is 7. The molecule has 0 radical (unpaired) electrons. The first-order valence-corrected chi connectivity index (χ1v) is 14.5. The quantitative estimate of drug-likeness (QED) is 0.231. The molecular weight excluding hydrogens is 648 g/mol. The molecule has 1 aliphatic heterocycles. The molecule has 15 heteroatoms. The third kappa shape index (κ3) is 9.41. The van der Waals surface area contributed by atoms with E-state index in [1.807, 2.05) is 0 Å². The third-order valence-corrected chi connectivity index (χ3v) is 6.39. The van der Waals surface area contributed by atoms with E-state index in [4.69, 9.17) is 37.9 Å². The molecule has 3 aromatic rings. The van der Waals surface area contributed by atoms with Crippen LogP contribution in [0.1, 0.15) is 69.1 Å². The maximum Gasteiger partial charge on any atom is 0.338 e. The van der Waals surface area contributed by atoms with Crippen molar-refractivity contribution < 1.29 is 71.5 Å². The molecule has 0 unspecified atom stereocenters. The molecule has 3 aromatic carbocycles. The highest BCUT2D eigenvalue weighted by Crippen LogP contribution is 2.45. The summed E-state index contributed by atoms with van der Waals surface area (Å²) in [6, 6.07) is 11.0.